The van der Waals surface area contributed by atoms with Crippen molar-refractivity contribution >= 4 is 39.9 Å². The SMILES string of the molecule is CCOc1ccccc1Nc1nnc(S[C@@H]2CCOC2=O)s1. The number of aromatic nitrogens is 2. The third-order valence-electron chi connectivity index (χ3n) is 2.97. The standard InChI is InChI=1S/C14H15N3O3S2/c1-2-19-10-6-4-3-5-9(10)15-13-16-17-14(22-13)21-11-7-8-20-12(11)18/h3-6,11H,2,7-8H2,1H3,(H,15,16)/t11-/m1/s1. The molecule has 0 aliphatic carbocycles. The number of thioether (sulfide) groups is 1. The summed E-state index contributed by atoms with van der Waals surface area (Å²) in [6.07, 6.45) is 0.721. The molecule has 1 aliphatic rings. The number of hydrogen-bond acceptors (Lipinski definition) is 8. The van der Waals surface area contributed by atoms with Crippen LogP contribution in [0.3, 0.4) is 0 Å². The van der Waals surface area contributed by atoms with E-state index < -0.39 is 0 Å². The van der Waals surface area contributed by atoms with Gasteiger partial charge in [-0.1, -0.05) is 35.2 Å². The van der Waals surface area contributed by atoms with Gasteiger partial charge in [0.2, 0.25) is 5.13 Å². The summed E-state index contributed by atoms with van der Waals surface area (Å²) in [5.74, 6) is 0.602. The van der Waals surface area contributed by atoms with Crippen molar-refractivity contribution in [1.29, 1.82) is 0 Å². The highest BCUT2D eigenvalue weighted by Gasteiger charge is 2.28. The van der Waals surface area contributed by atoms with Crippen molar-refractivity contribution in [2.75, 3.05) is 18.5 Å². The third kappa shape index (κ3) is 3.50. The number of esters is 1. The Kier molecular flexibility index (Phi) is 4.79. The minimum Gasteiger partial charge on any atom is -0.492 e. The van der Waals surface area contributed by atoms with Gasteiger partial charge in [0.1, 0.15) is 11.0 Å². The maximum absolute atomic E-state index is 11.5. The normalized spacial score (nSPS) is 17.3. The fraction of sp³-hybridized carbons (Fsp3) is 0.357. The van der Waals surface area contributed by atoms with Crippen LogP contribution < -0.4 is 10.1 Å². The van der Waals surface area contributed by atoms with Crippen molar-refractivity contribution in [3.8, 4) is 5.75 Å². The Bertz CT molecular complexity index is 662. The number of anilines is 2. The van der Waals surface area contributed by atoms with Crippen LogP contribution in [0.25, 0.3) is 0 Å². The molecule has 1 fully saturated rings. The molecule has 8 heteroatoms. The highest BCUT2D eigenvalue weighted by atomic mass is 32.2. The van der Waals surface area contributed by atoms with Crippen LogP contribution in [0.1, 0.15) is 13.3 Å². The summed E-state index contributed by atoms with van der Waals surface area (Å²) in [5.41, 5.74) is 0.845. The summed E-state index contributed by atoms with van der Waals surface area (Å²) in [7, 11) is 0. The van der Waals surface area contributed by atoms with Crippen molar-refractivity contribution in [3.05, 3.63) is 24.3 Å². The van der Waals surface area contributed by atoms with E-state index in [0.29, 0.717) is 18.3 Å². The molecule has 116 valence electrons. The Morgan fingerprint density at radius 1 is 1.45 bits per heavy atom. The van der Waals surface area contributed by atoms with Gasteiger partial charge >= 0.3 is 5.97 Å². The molecule has 1 aromatic heterocycles. The predicted molar refractivity (Wildman–Crippen MR) is 86.0 cm³/mol. The minimum atomic E-state index is -0.170. The van der Waals surface area contributed by atoms with Crippen molar-refractivity contribution < 1.29 is 14.3 Å². The van der Waals surface area contributed by atoms with E-state index in [9.17, 15) is 4.79 Å². The summed E-state index contributed by atoms with van der Waals surface area (Å²) in [4.78, 5) is 11.5. The zero-order chi connectivity index (χ0) is 15.4. The van der Waals surface area contributed by atoms with E-state index in [2.05, 4.69) is 15.5 Å². The fourth-order valence-corrected chi connectivity index (χ4v) is 3.96. The molecule has 1 aromatic carbocycles. The maximum atomic E-state index is 11.5. The number of hydrogen-bond donors (Lipinski definition) is 1. The van der Waals surface area contributed by atoms with E-state index >= 15 is 0 Å². The molecule has 0 unspecified atom stereocenters. The number of cyclic esters (lactones) is 1. The van der Waals surface area contributed by atoms with Gasteiger partial charge in [0, 0.05) is 6.42 Å². The van der Waals surface area contributed by atoms with Crippen molar-refractivity contribution in [2.24, 2.45) is 0 Å². The van der Waals surface area contributed by atoms with Crippen LogP contribution >= 0.6 is 23.1 Å². The number of rotatable bonds is 6. The highest BCUT2D eigenvalue weighted by Crippen LogP contribution is 2.35. The topological polar surface area (TPSA) is 73.3 Å². The van der Waals surface area contributed by atoms with E-state index in [-0.39, 0.29) is 11.2 Å². The van der Waals surface area contributed by atoms with Crippen LogP contribution in [-0.4, -0.2) is 34.6 Å². The first-order valence-electron chi connectivity index (χ1n) is 6.92. The summed E-state index contributed by atoms with van der Waals surface area (Å²) in [6.45, 7) is 3.03. The van der Waals surface area contributed by atoms with Gasteiger partial charge in [-0.05, 0) is 19.1 Å². The number of ether oxygens (including phenoxy) is 2. The van der Waals surface area contributed by atoms with Gasteiger partial charge in [-0.2, -0.15) is 0 Å². The summed E-state index contributed by atoms with van der Waals surface area (Å²) >= 11 is 2.81. The van der Waals surface area contributed by atoms with E-state index in [4.69, 9.17) is 9.47 Å². The Hall–Kier alpha value is -1.80. The lowest BCUT2D eigenvalue weighted by Crippen LogP contribution is -2.08. The highest BCUT2D eigenvalue weighted by molar-refractivity contribution is 8.02. The average Bonchev–Trinajstić information content (AvgIpc) is 3.12. The fourth-order valence-electron chi connectivity index (χ4n) is 1.98. The van der Waals surface area contributed by atoms with Gasteiger partial charge in [-0.3, -0.25) is 4.79 Å². The van der Waals surface area contributed by atoms with E-state index in [1.807, 2.05) is 31.2 Å². The quantitative estimate of drug-likeness (QED) is 0.812. The molecule has 0 bridgehead atoms. The molecule has 1 atom stereocenters. The molecule has 0 radical (unpaired) electrons. The largest absolute Gasteiger partial charge is 0.492 e. The van der Waals surface area contributed by atoms with Crippen LogP contribution in [0.15, 0.2) is 28.6 Å². The van der Waals surface area contributed by atoms with Crippen molar-refractivity contribution in [1.82, 2.24) is 10.2 Å². The second-order valence-corrected chi connectivity index (χ2v) is 6.92. The van der Waals surface area contributed by atoms with Crippen LogP contribution in [0.5, 0.6) is 5.75 Å². The molecule has 0 spiro atoms. The van der Waals surface area contributed by atoms with Gasteiger partial charge in [0.25, 0.3) is 0 Å². The predicted octanol–water partition coefficient (Wildman–Crippen LogP) is 3.09. The van der Waals surface area contributed by atoms with Crippen LogP contribution in [0.4, 0.5) is 10.8 Å². The number of para-hydroxylation sites is 2. The maximum Gasteiger partial charge on any atom is 0.319 e. The van der Waals surface area contributed by atoms with E-state index in [0.717, 1.165) is 22.2 Å². The summed E-state index contributed by atoms with van der Waals surface area (Å²) < 4.78 is 11.3. The van der Waals surface area contributed by atoms with Crippen molar-refractivity contribution in [3.63, 3.8) is 0 Å². The Morgan fingerprint density at radius 2 is 2.32 bits per heavy atom. The summed E-state index contributed by atoms with van der Waals surface area (Å²) in [5, 5.41) is 11.9. The van der Waals surface area contributed by atoms with Crippen LogP contribution in [0, 0.1) is 0 Å². The lowest BCUT2D eigenvalue weighted by Gasteiger charge is -2.09. The number of benzene rings is 1. The van der Waals surface area contributed by atoms with Gasteiger partial charge < -0.3 is 14.8 Å². The molecule has 3 rings (SSSR count). The smallest absolute Gasteiger partial charge is 0.319 e. The van der Waals surface area contributed by atoms with Gasteiger partial charge in [0.15, 0.2) is 4.34 Å². The lowest BCUT2D eigenvalue weighted by atomic mass is 10.3. The number of nitrogens with zero attached hydrogens (tertiary/aromatic N) is 2. The first kappa shape index (κ1) is 15.1. The van der Waals surface area contributed by atoms with Crippen molar-refractivity contribution in [2.45, 2.75) is 22.9 Å². The average molecular weight is 337 g/mol. The van der Waals surface area contributed by atoms with Gasteiger partial charge in [-0.25, -0.2) is 0 Å². The second-order valence-electron chi connectivity index (χ2n) is 4.49. The molecular weight excluding hydrogens is 322 g/mol. The Balaban J connectivity index is 1.68. The van der Waals surface area contributed by atoms with E-state index in [1.165, 1.54) is 23.1 Å². The Labute approximate surface area is 136 Å². The molecule has 0 amide bonds. The molecular formula is C14H15N3O3S2. The third-order valence-corrected chi connectivity index (χ3v) is 5.13. The summed E-state index contributed by atoms with van der Waals surface area (Å²) in [6, 6.07) is 7.67. The molecule has 0 saturated carbocycles. The monoisotopic (exact) mass is 337 g/mol. The molecule has 1 aliphatic heterocycles. The molecule has 1 N–H and O–H groups in total. The molecule has 2 heterocycles. The van der Waals surface area contributed by atoms with Gasteiger partial charge in [-0.15, -0.1) is 10.2 Å². The molecule has 1 saturated heterocycles. The minimum absolute atomic E-state index is 0.170. The zero-order valence-electron chi connectivity index (χ0n) is 11.9. The number of carbonyl (C=O) groups is 1. The molecule has 6 nitrogen and oxygen atoms in total. The number of carbonyl (C=O) groups excluding carboxylic acids is 1. The second kappa shape index (κ2) is 6.97. The first-order chi connectivity index (χ1) is 10.8. The molecule has 22 heavy (non-hydrogen) atoms. The Morgan fingerprint density at radius 3 is 3.09 bits per heavy atom. The van der Waals surface area contributed by atoms with Crippen LogP contribution in [0.2, 0.25) is 0 Å². The number of nitrogens with one attached hydrogen (secondary N) is 1. The molecule has 2 aromatic rings. The van der Waals surface area contributed by atoms with E-state index in [1.54, 1.807) is 0 Å². The van der Waals surface area contributed by atoms with Gasteiger partial charge in [0.05, 0.1) is 18.9 Å². The first-order valence-corrected chi connectivity index (χ1v) is 8.61. The van der Waals surface area contributed by atoms with Crippen LogP contribution in [-0.2, 0) is 9.53 Å². The lowest BCUT2D eigenvalue weighted by molar-refractivity contribution is -0.137. The zero-order valence-corrected chi connectivity index (χ0v) is 13.6.